The molecule has 0 spiro atoms. The zero-order chi connectivity index (χ0) is 9.97. The average molecular weight is 195 g/mol. The molecular formula is C11H14FNO. The fourth-order valence-electron chi connectivity index (χ4n) is 1.80. The lowest BCUT2D eigenvalue weighted by atomic mass is 10.2. The Balaban J connectivity index is 2.11. The smallest absolute Gasteiger partial charge is 0.187 e. The van der Waals surface area contributed by atoms with E-state index in [4.69, 9.17) is 10.5 Å². The molecule has 1 aliphatic carbocycles. The molecule has 0 bridgehead atoms. The van der Waals surface area contributed by atoms with Gasteiger partial charge in [0.1, 0.15) is 0 Å². The Hall–Kier alpha value is -1.25. The van der Waals surface area contributed by atoms with Crippen molar-refractivity contribution in [1.82, 2.24) is 0 Å². The van der Waals surface area contributed by atoms with E-state index in [1.165, 1.54) is 18.9 Å². The predicted octanol–water partition coefficient (Wildman–Crippen LogP) is 2.73. The Bertz CT molecular complexity index is 321. The van der Waals surface area contributed by atoms with Crippen molar-refractivity contribution in [3.63, 3.8) is 0 Å². The first-order valence-electron chi connectivity index (χ1n) is 4.98. The molecule has 0 aliphatic heterocycles. The summed E-state index contributed by atoms with van der Waals surface area (Å²) in [6.07, 6.45) is 4.57. The molecule has 0 radical (unpaired) electrons. The van der Waals surface area contributed by atoms with Gasteiger partial charge < -0.3 is 10.5 Å². The Kier molecular flexibility index (Phi) is 2.57. The van der Waals surface area contributed by atoms with Crippen LogP contribution in [0.4, 0.5) is 10.1 Å². The number of hydrogen-bond donors (Lipinski definition) is 1. The summed E-state index contributed by atoms with van der Waals surface area (Å²) in [5.74, 6) is -0.142. The summed E-state index contributed by atoms with van der Waals surface area (Å²) in [6, 6.07) is 4.88. The molecule has 0 aromatic heterocycles. The van der Waals surface area contributed by atoms with Crippen LogP contribution < -0.4 is 10.5 Å². The third kappa shape index (κ3) is 1.81. The van der Waals surface area contributed by atoms with E-state index in [1.54, 1.807) is 12.1 Å². The van der Waals surface area contributed by atoms with E-state index in [9.17, 15) is 4.39 Å². The summed E-state index contributed by atoms with van der Waals surface area (Å²) in [4.78, 5) is 0. The van der Waals surface area contributed by atoms with Crippen LogP contribution in [0.5, 0.6) is 5.75 Å². The molecule has 14 heavy (non-hydrogen) atoms. The summed E-state index contributed by atoms with van der Waals surface area (Å²) in [5.41, 5.74) is 5.59. The number of halogens is 1. The van der Waals surface area contributed by atoms with Gasteiger partial charge in [-0.25, -0.2) is 4.39 Å². The van der Waals surface area contributed by atoms with Crippen LogP contribution in [0.25, 0.3) is 0 Å². The third-order valence-corrected chi connectivity index (χ3v) is 2.59. The van der Waals surface area contributed by atoms with Gasteiger partial charge in [0.15, 0.2) is 11.6 Å². The maximum atomic E-state index is 13.4. The second-order valence-electron chi connectivity index (χ2n) is 3.68. The Morgan fingerprint density at radius 3 is 2.71 bits per heavy atom. The highest BCUT2D eigenvalue weighted by atomic mass is 19.1. The number of benzene rings is 1. The summed E-state index contributed by atoms with van der Waals surface area (Å²) in [5, 5.41) is 0. The van der Waals surface area contributed by atoms with Crippen LogP contribution in [0, 0.1) is 5.82 Å². The van der Waals surface area contributed by atoms with Gasteiger partial charge in [0.05, 0.1) is 11.8 Å². The number of nitrogen functional groups attached to an aromatic ring is 1. The van der Waals surface area contributed by atoms with E-state index >= 15 is 0 Å². The Morgan fingerprint density at radius 2 is 2.00 bits per heavy atom. The second-order valence-corrected chi connectivity index (χ2v) is 3.68. The van der Waals surface area contributed by atoms with Gasteiger partial charge in [-0.1, -0.05) is 6.07 Å². The molecule has 0 unspecified atom stereocenters. The first kappa shape index (κ1) is 9.31. The third-order valence-electron chi connectivity index (χ3n) is 2.59. The van der Waals surface area contributed by atoms with Crippen molar-refractivity contribution in [2.45, 2.75) is 31.8 Å². The molecule has 2 nitrogen and oxygen atoms in total. The van der Waals surface area contributed by atoms with Gasteiger partial charge >= 0.3 is 0 Å². The van der Waals surface area contributed by atoms with Gasteiger partial charge in [-0.2, -0.15) is 0 Å². The molecule has 0 heterocycles. The monoisotopic (exact) mass is 195 g/mol. The van der Waals surface area contributed by atoms with Gasteiger partial charge in [0.2, 0.25) is 0 Å². The lowest BCUT2D eigenvalue weighted by Crippen LogP contribution is -2.12. The summed E-state index contributed by atoms with van der Waals surface area (Å²) < 4.78 is 18.9. The Morgan fingerprint density at radius 1 is 1.29 bits per heavy atom. The number of hydrogen-bond acceptors (Lipinski definition) is 2. The lowest BCUT2D eigenvalue weighted by Gasteiger charge is -2.13. The number of anilines is 1. The van der Waals surface area contributed by atoms with Crippen LogP contribution in [0.3, 0.4) is 0 Å². The van der Waals surface area contributed by atoms with E-state index in [2.05, 4.69) is 0 Å². The van der Waals surface area contributed by atoms with Crippen LogP contribution in [0.2, 0.25) is 0 Å². The number of ether oxygens (including phenoxy) is 1. The van der Waals surface area contributed by atoms with Crippen molar-refractivity contribution in [3.8, 4) is 5.75 Å². The highest BCUT2D eigenvalue weighted by molar-refractivity contribution is 5.45. The maximum Gasteiger partial charge on any atom is 0.187 e. The molecule has 0 saturated heterocycles. The van der Waals surface area contributed by atoms with Crippen molar-refractivity contribution >= 4 is 5.69 Å². The van der Waals surface area contributed by atoms with Crippen molar-refractivity contribution in [3.05, 3.63) is 24.0 Å². The molecule has 2 N–H and O–H groups in total. The molecule has 0 amide bonds. The minimum atomic E-state index is -0.431. The van der Waals surface area contributed by atoms with Crippen LogP contribution in [-0.4, -0.2) is 6.10 Å². The molecule has 0 atom stereocenters. The molecular weight excluding hydrogens is 181 g/mol. The summed E-state index contributed by atoms with van der Waals surface area (Å²) in [6.45, 7) is 0. The second kappa shape index (κ2) is 3.86. The van der Waals surface area contributed by atoms with Crippen molar-refractivity contribution < 1.29 is 9.13 Å². The number of rotatable bonds is 2. The first-order chi connectivity index (χ1) is 6.77. The maximum absolute atomic E-state index is 13.4. The lowest BCUT2D eigenvalue weighted by molar-refractivity contribution is 0.201. The summed E-state index contributed by atoms with van der Waals surface area (Å²) >= 11 is 0. The van der Waals surface area contributed by atoms with Crippen molar-refractivity contribution in [2.24, 2.45) is 0 Å². The minimum absolute atomic E-state index is 0.153. The number of nitrogens with two attached hydrogens (primary N) is 1. The van der Waals surface area contributed by atoms with Crippen molar-refractivity contribution in [2.75, 3.05) is 5.73 Å². The van der Waals surface area contributed by atoms with Crippen molar-refractivity contribution in [1.29, 1.82) is 0 Å². The van der Waals surface area contributed by atoms with Gasteiger partial charge in [-0.15, -0.1) is 0 Å². The summed E-state index contributed by atoms with van der Waals surface area (Å²) in [7, 11) is 0. The largest absolute Gasteiger partial charge is 0.487 e. The topological polar surface area (TPSA) is 35.2 Å². The van der Waals surface area contributed by atoms with Gasteiger partial charge in [0.25, 0.3) is 0 Å². The predicted molar refractivity (Wildman–Crippen MR) is 53.7 cm³/mol. The SMILES string of the molecule is Nc1cccc(OC2CCCC2)c1F. The molecule has 1 aromatic rings. The van der Waals surface area contributed by atoms with Gasteiger partial charge in [-0.3, -0.25) is 0 Å². The van der Waals surface area contributed by atoms with E-state index in [0.717, 1.165) is 12.8 Å². The normalized spacial score (nSPS) is 17.2. The van der Waals surface area contributed by atoms with Gasteiger partial charge in [0, 0.05) is 0 Å². The minimum Gasteiger partial charge on any atom is -0.487 e. The fourth-order valence-corrected chi connectivity index (χ4v) is 1.80. The zero-order valence-electron chi connectivity index (χ0n) is 8.00. The van der Waals surface area contributed by atoms with Crippen LogP contribution in [0.15, 0.2) is 18.2 Å². The fraction of sp³-hybridized carbons (Fsp3) is 0.455. The van der Waals surface area contributed by atoms with E-state index in [1.807, 2.05) is 0 Å². The molecule has 1 aromatic carbocycles. The zero-order valence-corrected chi connectivity index (χ0v) is 8.00. The molecule has 1 saturated carbocycles. The molecule has 2 rings (SSSR count). The standard InChI is InChI=1S/C11H14FNO/c12-11-9(13)6-3-7-10(11)14-8-4-1-2-5-8/h3,6-8H,1-2,4-5,13H2. The van der Waals surface area contributed by atoms with Crippen LogP contribution >= 0.6 is 0 Å². The first-order valence-corrected chi connectivity index (χ1v) is 4.98. The van der Waals surface area contributed by atoms with Crippen LogP contribution in [-0.2, 0) is 0 Å². The molecule has 1 fully saturated rings. The molecule has 76 valence electrons. The highest BCUT2D eigenvalue weighted by Crippen LogP contribution is 2.27. The van der Waals surface area contributed by atoms with Gasteiger partial charge in [-0.05, 0) is 37.8 Å². The average Bonchev–Trinajstić information content (AvgIpc) is 2.66. The van der Waals surface area contributed by atoms with E-state index in [0.29, 0.717) is 0 Å². The van der Waals surface area contributed by atoms with E-state index in [-0.39, 0.29) is 17.5 Å². The molecule has 1 aliphatic rings. The highest BCUT2D eigenvalue weighted by Gasteiger charge is 2.18. The molecule has 3 heteroatoms. The van der Waals surface area contributed by atoms with Crippen LogP contribution in [0.1, 0.15) is 25.7 Å². The van der Waals surface area contributed by atoms with E-state index < -0.39 is 5.82 Å². The Labute approximate surface area is 82.9 Å². The quantitative estimate of drug-likeness (QED) is 0.736.